The quantitative estimate of drug-likeness (QED) is 0.855. The number of nitrogens with one attached hydrogen (secondary N) is 1. The molecule has 0 heterocycles. The van der Waals surface area contributed by atoms with Crippen LogP contribution in [0.5, 0.6) is 11.5 Å². The molecule has 4 heteroatoms. The molecular formula is C17H21NO3. The Bertz CT molecular complexity index is 596. The molecule has 4 nitrogen and oxygen atoms in total. The topological polar surface area (TPSA) is 50.7 Å². The maximum Gasteiger partial charge on any atom is 0.165 e. The first-order chi connectivity index (χ1) is 10.2. The average Bonchev–Trinajstić information content (AvgIpc) is 2.52. The molecule has 2 N–H and O–H groups in total. The number of anilines is 1. The SMILES string of the molecule is COc1cccc(CNc2ccccc2C(C)O)c1OC. The summed E-state index contributed by atoms with van der Waals surface area (Å²) in [6.07, 6.45) is -0.513. The van der Waals surface area contributed by atoms with Crippen molar-refractivity contribution in [2.24, 2.45) is 0 Å². The van der Waals surface area contributed by atoms with Gasteiger partial charge in [0.2, 0.25) is 0 Å². The summed E-state index contributed by atoms with van der Waals surface area (Å²) in [5, 5.41) is 13.1. The number of benzene rings is 2. The van der Waals surface area contributed by atoms with Gasteiger partial charge in [-0.15, -0.1) is 0 Å². The zero-order valence-electron chi connectivity index (χ0n) is 12.6. The monoisotopic (exact) mass is 287 g/mol. The fourth-order valence-electron chi connectivity index (χ4n) is 2.31. The van der Waals surface area contributed by atoms with Gasteiger partial charge < -0.3 is 19.9 Å². The Hall–Kier alpha value is -2.20. The highest BCUT2D eigenvalue weighted by atomic mass is 16.5. The molecule has 2 rings (SSSR count). The van der Waals surface area contributed by atoms with Crippen LogP contribution in [0.3, 0.4) is 0 Å². The van der Waals surface area contributed by atoms with E-state index >= 15 is 0 Å². The van der Waals surface area contributed by atoms with Crippen molar-refractivity contribution in [3.05, 3.63) is 53.6 Å². The fourth-order valence-corrected chi connectivity index (χ4v) is 2.31. The molecule has 0 amide bonds. The zero-order chi connectivity index (χ0) is 15.2. The summed E-state index contributed by atoms with van der Waals surface area (Å²) in [5.41, 5.74) is 2.79. The summed E-state index contributed by atoms with van der Waals surface area (Å²) >= 11 is 0. The van der Waals surface area contributed by atoms with Crippen LogP contribution in [0.2, 0.25) is 0 Å². The molecule has 0 aliphatic rings. The zero-order valence-corrected chi connectivity index (χ0v) is 12.6. The molecule has 0 saturated heterocycles. The van der Waals surface area contributed by atoms with Gasteiger partial charge in [0.1, 0.15) is 0 Å². The summed E-state index contributed by atoms with van der Waals surface area (Å²) in [6, 6.07) is 13.5. The van der Waals surface area contributed by atoms with Gasteiger partial charge in [0, 0.05) is 23.4 Å². The molecule has 21 heavy (non-hydrogen) atoms. The number of aliphatic hydroxyl groups is 1. The Kier molecular flexibility index (Phi) is 5.06. The van der Waals surface area contributed by atoms with Crippen molar-refractivity contribution >= 4 is 5.69 Å². The molecule has 1 atom stereocenters. The minimum Gasteiger partial charge on any atom is -0.493 e. The lowest BCUT2D eigenvalue weighted by Crippen LogP contribution is -2.06. The third kappa shape index (κ3) is 3.47. The van der Waals surface area contributed by atoms with Gasteiger partial charge in [-0.3, -0.25) is 0 Å². The van der Waals surface area contributed by atoms with Gasteiger partial charge >= 0.3 is 0 Å². The summed E-state index contributed by atoms with van der Waals surface area (Å²) in [5.74, 6) is 1.43. The van der Waals surface area contributed by atoms with E-state index in [4.69, 9.17) is 9.47 Å². The molecular weight excluding hydrogens is 266 g/mol. The van der Waals surface area contributed by atoms with E-state index in [9.17, 15) is 5.11 Å². The lowest BCUT2D eigenvalue weighted by atomic mass is 10.1. The van der Waals surface area contributed by atoms with E-state index in [1.807, 2.05) is 42.5 Å². The highest BCUT2D eigenvalue weighted by Crippen LogP contribution is 2.31. The van der Waals surface area contributed by atoms with Gasteiger partial charge in [0.05, 0.1) is 20.3 Å². The van der Waals surface area contributed by atoms with Gasteiger partial charge in [-0.25, -0.2) is 0 Å². The van der Waals surface area contributed by atoms with Crippen molar-refractivity contribution in [1.82, 2.24) is 0 Å². The van der Waals surface area contributed by atoms with Crippen LogP contribution in [0.15, 0.2) is 42.5 Å². The lowest BCUT2D eigenvalue weighted by molar-refractivity contribution is 0.200. The maximum absolute atomic E-state index is 9.80. The highest BCUT2D eigenvalue weighted by molar-refractivity contribution is 5.54. The van der Waals surface area contributed by atoms with E-state index in [0.29, 0.717) is 12.3 Å². The predicted octanol–water partition coefficient (Wildman–Crippen LogP) is 3.37. The van der Waals surface area contributed by atoms with E-state index in [1.165, 1.54) is 0 Å². The number of rotatable bonds is 6. The molecule has 0 fully saturated rings. The number of ether oxygens (including phenoxy) is 2. The largest absolute Gasteiger partial charge is 0.493 e. The Morgan fingerprint density at radius 1 is 1.05 bits per heavy atom. The molecule has 0 radical (unpaired) electrons. The number of hydrogen-bond acceptors (Lipinski definition) is 4. The van der Waals surface area contributed by atoms with Crippen LogP contribution >= 0.6 is 0 Å². The van der Waals surface area contributed by atoms with E-state index in [2.05, 4.69) is 5.32 Å². The van der Waals surface area contributed by atoms with Crippen molar-refractivity contribution in [3.8, 4) is 11.5 Å². The third-order valence-corrected chi connectivity index (χ3v) is 3.36. The van der Waals surface area contributed by atoms with Crippen molar-refractivity contribution < 1.29 is 14.6 Å². The van der Waals surface area contributed by atoms with Crippen LogP contribution in [-0.2, 0) is 6.54 Å². The van der Waals surface area contributed by atoms with Crippen LogP contribution in [0.25, 0.3) is 0 Å². The van der Waals surface area contributed by atoms with Gasteiger partial charge in [0.15, 0.2) is 11.5 Å². The number of aliphatic hydroxyl groups excluding tert-OH is 1. The summed E-state index contributed by atoms with van der Waals surface area (Å²) in [7, 11) is 3.25. The Morgan fingerprint density at radius 2 is 1.81 bits per heavy atom. The highest BCUT2D eigenvalue weighted by Gasteiger charge is 2.11. The van der Waals surface area contributed by atoms with Gasteiger partial charge in [-0.1, -0.05) is 30.3 Å². The number of methoxy groups -OCH3 is 2. The predicted molar refractivity (Wildman–Crippen MR) is 83.9 cm³/mol. The Balaban J connectivity index is 2.21. The fraction of sp³-hybridized carbons (Fsp3) is 0.294. The first-order valence-corrected chi connectivity index (χ1v) is 6.88. The van der Waals surface area contributed by atoms with Gasteiger partial charge in [-0.2, -0.15) is 0 Å². The summed E-state index contributed by atoms with van der Waals surface area (Å²) in [6.45, 7) is 2.34. The van der Waals surface area contributed by atoms with Crippen LogP contribution in [0, 0.1) is 0 Å². The Morgan fingerprint density at radius 3 is 2.48 bits per heavy atom. The second-order valence-corrected chi connectivity index (χ2v) is 4.77. The first kappa shape index (κ1) is 15.2. The van der Waals surface area contributed by atoms with Gasteiger partial charge in [0.25, 0.3) is 0 Å². The van der Waals surface area contributed by atoms with Crippen LogP contribution in [0.1, 0.15) is 24.2 Å². The Labute approximate surface area is 125 Å². The van der Waals surface area contributed by atoms with Crippen molar-refractivity contribution in [2.75, 3.05) is 19.5 Å². The molecule has 1 unspecified atom stereocenters. The molecule has 0 aliphatic carbocycles. The molecule has 0 aliphatic heterocycles. The molecule has 0 aromatic heterocycles. The third-order valence-electron chi connectivity index (χ3n) is 3.36. The van der Waals surface area contributed by atoms with E-state index in [1.54, 1.807) is 21.1 Å². The van der Waals surface area contributed by atoms with Crippen molar-refractivity contribution in [1.29, 1.82) is 0 Å². The van der Waals surface area contributed by atoms with E-state index in [0.717, 1.165) is 22.6 Å². The summed E-state index contributed by atoms with van der Waals surface area (Å²) in [4.78, 5) is 0. The molecule has 0 saturated carbocycles. The molecule has 0 spiro atoms. The minimum absolute atomic E-state index is 0.513. The minimum atomic E-state index is -0.513. The van der Waals surface area contributed by atoms with Gasteiger partial charge in [-0.05, 0) is 19.1 Å². The molecule has 2 aromatic carbocycles. The summed E-state index contributed by atoms with van der Waals surface area (Å²) < 4.78 is 10.7. The standard InChI is InChI=1S/C17H21NO3/c1-12(19)14-8-4-5-9-15(14)18-11-13-7-6-10-16(20-2)17(13)21-3/h4-10,12,18-19H,11H2,1-3H3. The van der Waals surface area contributed by atoms with E-state index in [-0.39, 0.29) is 0 Å². The number of hydrogen-bond donors (Lipinski definition) is 2. The van der Waals surface area contributed by atoms with Crippen molar-refractivity contribution in [3.63, 3.8) is 0 Å². The van der Waals surface area contributed by atoms with Crippen LogP contribution < -0.4 is 14.8 Å². The lowest BCUT2D eigenvalue weighted by Gasteiger charge is -2.16. The average molecular weight is 287 g/mol. The second kappa shape index (κ2) is 6.99. The maximum atomic E-state index is 9.80. The van der Waals surface area contributed by atoms with E-state index < -0.39 is 6.10 Å². The molecule has 0 bridgehead atoms. The van der Waals surface area contributed by atoms with Crippen LogP contribution in [0.4, 0.5) is 5.69 Å². The number of para-hydroxylation sites is 2. The molecule has 112 valence electrons. The van der Waals surface area contributed by atoms with Crippen molar-refractivity contribution in [2.45, 2.75) is 19.6 Å². The van der Waals surface area contributed by atoms with Crippen LogP contribution in [-0.4, -0.2) is 19.3 Å². The smallest absolute Gasteiger partial charge is 0.165 e. The second-order valence-electron chi connectivity index (χ2n) is 4.77. The first-order valence-electron chi connectivity index (χ1n) is 6.88. The normalized spacial score (nSPS) is 11.8. The molecule has 2 aromatic rings.